The summed E-state index contributed by atoms with van der Waals surface area (Å²) in [6.45, 7) is -0.175. The average molecular weight is 297 g/mol. The van der Waals surface area contributed by atoms with Gasteiger partial charge in [0.15, 0.2) is 0 Å². The van der Waals surface area contributed by atoms with E-state index in [1.165, 1.54) is 16.7 Å². The van der Waals surface area contributed by atoms with Crippen LogP contribution < -0.4 is 5.56 Å². The highest BCUT2D eigenvalue weighted by molar-refractivity contribution is 7.85. The van der Waals surface area contributed by atoms with Gasteiger partial charge in [-0.05, 0) is 23.6 Å². The molecule has 1 aromatic carbocycles. The third-order valence-electron chi connectivity index (χ3n) is 3.42. The van der Waals surface area contributed by atoms with Crippen LogP contribution in [0, 0.1) is 5.82 Å². The molecule has 2 heterocycles. The Morgan fingerprint density at radius 2 is 2.05 bits per heavy atom. The van der Waals surface area contributed by atoms with Crippen molar-refractivity contribution in [2.75, 3.05) is 12.9 Å². The molecule has 1 aliphatic heterocycles. The van der Waals surface area contributed by atoms with Crippen LogP contribution in [0.1, 0.15) is 11.6 Å². The number of nitrogens with zero attached hydrogens (tertiary/aromatic N) is 1. The molecule has 2 aromatic rings. The fourth-order valence-electron chi connectivity index (χ4n) is 2.62. The van der Waals surface area contributed by atoms with Crippen molar-refractivity contribution >= 4 is 21.0 Å². The van der Waals surface area contributed by atoms with Crippen molar-refractivity contribution in [3.63, 3.8) is 0 Å². The van der Waals surface area contributed by atoms with Gasteiger partial charge in [0.2, 0.25) is 0 Å². The number of hydrogen-bond acceptors (Lipinski definition) is 4. The van der Waals surface area contributed by atoms with E-state index in [1.54, 1.807) is 12.1 Å². The Balaban J connectivity index is 2.13. The molecule has 0 saturated heterocycles. The highest BCUT2D eigenvalue weighted by atomic mass is 32.2. The smallest absolute Gasteiger partial charge is 0.264 e. The predicted octanol–water partition coefficient (Wildman–Crippen LogP) is 1.21. The minimum atomic E-state index is -3.60. The summed E-state index contributed by atoms with van der Waals surface area (Å²) >= 11 is 0. The molecule has 0 unspecified atom stereocenters. The number of aromatic nitrogens is 1. The average Bonchev–Trinajstić information content (AvgIpc) is 2.75. The van der Waals surface area contributed by atoms with Gasteiger partial charge in [0.25, 0.3) is 15.7 Å². The number of hydrogen-bond donors (Lipinski definition) is 0. The normalized spacial score (nSPS) is 17.8. The first-order chi connectivity index (χ1) is 9.37. The van der Waals surface area contributed by atoms with Gasteiger partial charge in [-0.1, -0.05) is 0 Å². The molecule has 0 N–H and O–H groups in total. The number of pyridine rings is 1. The Bertz CT molecular complexity index is 857. The second-order valence-corrected chi connectivity index (χ2v) is 6.50. The van der Waals surface area contributed by atoms with Crippen LogP contribution in [-0.2, 0) is 20.7 Å². The summed E-state index contributed by atoms with van der Waals surface area (Å²) in [6.07, 6.45) is 1.19. The van der Waals surface area contributed by atoms with E-state index < -0.39 is 22.0 Å². The van der Waals surface area contributed by atoms with Crippen LogP contribution in [0.15, 0.2) is 29.1 Å². The largest absolute Gasteiger partial charge is 0.302 e. The molecule has 0 bridgehead atoms. The van der Waals surface area contributed by atoms with Gasteiger partial charge in [0, 0.05) is 18.1 Å². The van der Waals surface area contributed by atoms with Gasteiger partial charge in [0.1, 0.15) is 5.82 Å². The van der Waals surface area contributed by atoms with Crippen molar-refractivity contribution in [1.29, 1.82) is 0 Å². The summed E-state index contributed by atoms with van der Waals surface area (Å²) in [5.74, 6) is -0.390. The Labute approximate surface area is 114 Å². The second-order valence-electron chi connectivity index (χ2n) is 4.85. The van der Waals surface area contributed by atoms with E-state index in [0.717, 1.165) is 11.6 Å². The summed E-state index contributed by atoms with van der Waals surface area (Å²) in [6, 6.07) is 5.48. The number of halogens is 1. The van der Waals surface area contributed by atoms with Gasteiger partial charge in [0.05, 0.1) is 24.4 Å². The predicted molar refractivity (Wildman–Crippen MR) is 71.7 cm³/mol. The van der Waals surface area contributed by atoms with Crippen LogP contribution in [0.3, 0.4) is 0 Å². The second kappa shape index (κ2) is 4.39. The summed E-state index contributed by atoms with van der Waals surface area (Å²) in [5.41, 5.74) is 0.672. The molecule has 0 saturated carbocycles. The van der Waals surface area contributed by atoms with Crippen molar-refractivity contribution in [2.24, 2.45) is 0 Å². The lowest BCUT2D eigenvalue weighted by Crippen LogP contribution is -2.25. The van der Waals surface area contributed by atoms with Crippen molar-refractivity contribution in [1.82, 2.24) is 4.57 Å². The standard InChI is InChI=1S/C13H12FNO4S/c1-20(17,18)19-7-9-6-10-11(14)4-2-8-3-5-12(16)15(9)13(8)10/h2-5,9H,6-7H2,1H3/t9-/m1/s1. The third-order valence-corrected chi connectivity index (χ3v) is 3.98. The Hall–Kier alpha value is -1.73. The molecule has 106 valence electrons. The van der Waals surface area contributed by atoms with Crippen LogP contribution in [0.5, 0.6) is 0 Å². The highest BCUT2D eigenvalue weighted by Crippen LogP contribution is 2.32. The quantitative estimate of drug-likeness (QED) is 0.799. The maximum atomic E-state index is 13.9. The fraction of sp³-hybridized carbons (Fsp3) is 0.308. The molecule has 0 aliphatic carbocycles. The van der Waals surface area contributed by atoms with Crippen LogP contribution in [0.25, 0.3) is 10.9 Å². The Morgan fingerprint density at radius 3 is 2.75 bits per heavy atom. The van der Waals surface area contributed by atoms with E-state index in [0.29, 0.717) is 11.1 Å². The van der Waals surface area contributed by atoms with Crippen LogP contribution >= 0.6 is 0 Å². The molecule has 0 spiro atoms. The Kier molecular flexibility index (Phi) is 2.91. The summed E-state index contributed by atoms with van der Waals surface area (Å²) in [7, 11) is -3.60. The topological polar surface area (TPSA) is 65.4 Å². The third kappa shape index (κ3) is 2.12. The van der Waals surface area contributed by atoms with Gasteiger partial charge in [-0.3, -0.25) is 8.98 Å². The monoisotopic (exact) mass is 297 g/mol. The van der Waals surface area contributed by atoms with Crippen LogP contribution in [0.4, 0.5) is 4.39 Å². The van der Waals surface area contributed by atoms with Crippen molar-refractivity contribution in [3.8, 4) is 0 Å². The molecule has 1 aromatic heterocycles. The van der Waals surface area contributed by atoms with E-state index in [-0.39, 0.29) is 18.6 Å². The maximum Gasteiger partial charge on any atom is 0.264 e. The molecule has 7 heteroatoms. The number of benzene rings is 1. The molecular weight excluding hydrogens is 285 g/mol. The van der Waals surface area contributed by atoms with Gasteiger partial charge in [-0.15, -0.1) is 0 Å². The molecule has 0 fully saturated rings. The van der Waals surface area contributed by atoms with Crippen molar-refractivity contribution < 1.29 is 17.0 Å². The highest BCUT2D eigenvalue weighted by Gasteiger charge is 2.28. The molecule has 20 heavy (non-hydrogen) atoms. The van der Waals surface area contributed by atoms with E-state index >= 15 is 0 Å². The number of rotatable bonds is 3. The minimum absolute atomic E-state index is 0.175. The Morgan fingerprint density at radius 1 is 1.35 bits per heavy atom. The lowest BCUT2D eigenvalue weighted by Gasteiger charge is -2.13. The minimum Gasteiger partial charge on any atom is -0.302 e. The van der Waals surface area contributed by atoms with Crippen molar-refractivity contribution in [3.05, 3.63) is 46.0 Å². The molecule has 3 rings (SSSR count). The first-order valence-electron chi connectivity index (χ1n) is 6.04. The van der Waals surface area contributed by atoms with Gasteiger partial charge in [-0.25, -0.2) is 4.39 Å². The lowest BCUT2D eigenvalue weighted by atomic mass is 10.1. The van der Waals surface area contributed by atoms with Crippen LogP contribution in [-0.4, -0.2) is 25.8 Å². The first-order valence-corrected chi connectivity index (χ1v) is 7.85. The van der Waals surface area contributed by atoms with Gasteiger partial charge >= 0.3 is 0 Å². The van der Waals surface area contributed by atoms with Crippen molar-refractivity contribution in [2.45, 2.75) is 12.5 Å². The van der Waals surface area contributed by atoms with E-state index in [1.807, 2.05) is 0 Å². The summed E-state index contributed by atoms with van der Waals surface area (Å²) in [5, 5.41) is 0.753. The molecule has 1 aliphatic rings. The molecule has 0 amide bonds. The lowest BCUT2D eigenvalue weighted by molar-refractivity contribution is 0.262. The molecule has 5 nitrogen and oxygen atoms in total. The van der Waals surface area contributed by atoms with E-state index in [9.17, 15) is 17.6 Å². The zero-order valence-corrected chi connectivity index (χ0v) is 11.5. The molecular formula is C13H12FNO4S. The van der Waals surface area contributed by atoms with E-state index in [2.05, 4.69) is 0 Å². The van der Waals surface area contributed by atoms with Gasteiger partial charge in [-0.2, -0.15) is 8.42 Å². The summed E-state index contributed by atoms with van der Waals surface area (Å²) in [4.78, 5) is 12.0. The zero-order valence-electron chi connectivity index (χ0n) is 10.7. The van der Waals surface area contributed by atoms with Crippen LogP contribution in [0.2, 0.25) is 0 Å². The fourth-order valence-corrected chi connectivity index (χ4v) is 3.02. The zero-order chi connectivity index (χ0) is 14.5. The first kappa shape index (κ1) is 13.3. The molecule has 1 atom stereocenters. The van der Waals surface area contributed by atoms with Gasteiger partial charge < -0.3 is 4.57 Å². The molecule has 0 radical (unpaired) electrons. The van der Waals surface area contributed by atoms with E-state index in [4.69, 9.17) is 4.18 Å². The maximum absolute atomic E-state index is 13.9. The summed E-state index contributed by atoms with van der Waals surface area (Å²) < 4.78 is 42.2. The SMILES string of the molecule is CS(=O)(=O)OC[C@H]1Cc2c(F)ccc3ccc(=O)n1c23.